The second-order valence-electron chi connectivity index (χ2n) is 4.93. The molecule has 2 rings (SSSR count). The fourth-order valence-corrected chi connectivity index (χ4v) is 2.52. The van der Waals surface area contributed by atoms with Crippen LogP contribution in [0.2, 0.25) is 0 Å². The molecule has 0 saturated heterocycles. The van der Waals surface area contributed by atoms with Gasteiger partial charge in [0.1, 0.15) is 6.54 Å². The number of hydrogen-bond acceptors (Lipinski definition) is 6. The lowest BCUT2D eigenvalue weighted by atomic mass is 9.96. The van der Waals surface area contributed by atoms with E-state index in [1.54, 1.807) is 12.1 Å². The maximum Gasteiger partial charge on any atom is 0.337 e. The predicted octanol–water partition coefficient (Wildman–Crippen LogP) is 1.28. The molecule has 0 aliphatic carbocycles. The first-order valence-electron chi connectivity index (χ1n) is 6.72. The van der Waals surface area contributed by atoms with Crippen molar-refractivity contribution in [2.75, 3.05) is 13.7 Å². The van der Waals surface area contributed by atoms with Gasteiger partial charge in [0.2, 0.25) is 0 Å². The van der Waals surface area contributed by atoms with Crippen molar-refractivity contribution in [2.45, 2.75) is 13.0 Å². The van der Waals surface area contributed by atoms with Crippen molar-refractivity contribution in [3.63, 3.8) is 0 Å². The van der Waals surface area contributed by atoms with Crippen molar-refractivity contribution in [1.29, 1.82) is 5.26 Å². The van der Waals surface area contributed by atoms with E-state index >= 15 is 0 Å². The van der Waals surface area contributed by atoms with Crippen LogP contribution in [0.25, 0.3) is 0 Å². The fraction of sp³-hybridized carbons (Fsp3) is 0.250. The van der Waals surface area contributed by atoms with Crippen LogP contribution in [0.4, 0.5) is 0 Å². The van der Waals surface area contributed by atoms with Gasteiger partial charge in [-0.05, 0) is 24.6 Å². The monoisotopic (exact) mass is 314 g/mol. The minimum absolute atomic E-state index is 0.0592. The number of methoxy groups -OCH3 is 1. The molecule has 0 radical (unpaired) electrons. The SMILES string of the molecule is COC(=O)c1ccc([C@@H]2C(C(C)=O)=C(O)C(=O)N2CC#N)cc1. The molecule has 1 aliphatic heterocycles. The number of carbonyl (C=O) groups excluding carboxylic acids is 3. The number of carbonyl (C=O) groups is 3. The van der Waals surface area contributed by atoms with Crippen LogP contribution in [0.5, 0.6) is 0 Å². The molecule has 1 heterocycles. The van der Waals surface area contributed by atoms with Crippen LogP contribution in [0.15, 0.2) is 35.6 Å². The zero-order valence-corrected chi connectivity index (χ0v) is 12.6. The Morgan fingerprint density at radius 2 is 1.96 bits per heavy atom. The van der Waals surface area contributed by atoms with Gasteiger partial charge in [0.05, 0.1) is 30.4 Å². The second-order valence-corrected chi connectivity index (χ2v) is 4.93. The van der Waals surface area contributed by atoms with E-state index in [2.05, 4.69) is 4.74 Å². The molecule has 0 unspecified atom stereocenters. The van der Waals surface area contributed by atoms with Gasteiger partial charge in [0, 0.05) is 0 Å². The van der Waals surface area contributed by atoms with Crippen molar-refractivity contribution in [2.24, 2.45) is 0 Å². The third-order valence-corrected chi connectivity index (χ3v) is 3.57. The molecule has 1 aromatic rings. The molecule has 0 bridgehead atoms. The summed E-state index contributed by atoms with van der Waals surface area (Å²) in [5, 5.41) is 18.8. The number of aliphatic hydroxyl groups is 1. The molecule has 0 saturated carbocycles. The number of amides is 1. The maximum atomic E-state index is 12.1. The molecule has 1 N–H and O–H groups in total. The number of hydrogen-bond donors (Lipinski definition) is 1. The van der Waals surface area contributed by atoms with Crippen LogP contribution in [0.1, 0.15) is 28.9 Å². The first-order valence-corrected chi connectivity index (χ1v) is 6.72. The number of nitriles is 1. The lowest BCUT2D eigenvalue weighted by Gasteiger charge is -2.24. The number of rotatable bonds is 4. The highest BCUT2D eigenvalue weighted by Crippen LogP contribution is 2.37. The molecule has 7 nitrogen and oxygen atoms in total. The molecule has 1 aliphatic rings. The van der Waals surface area contributed by atoms with E-state index in [1.165, 1.54) is 26.2 Å². The third-order valence-electron chi connectivity index (χ3n) is 3.57. The van der Waals surface area contributed by atoms with Crippen molar-refractivity contribution < 1.29 is 24.2 Å². The maximum absolute atomic E-state index is 12.1. The van der Waals surface area contributed by atoms with Crippen LogP contribution in [0.3, 0.4) is 0 Å². The van der Waals surface area contributed by atoms with E-state index in [0.717, 1.165) is 4.90 Å². The molecule has 0 fully saturated rings. The molecule has 1 amide bonds. The van der Waals surface area contributed by atoms with Gasteiger partial charge in [-0.25, -0.2) is 4.79 Å². The smallest absolute Gasteiger partial charge is 0.337 e. The Morgan fingerprint density at radius 3 is 2.43 bits per heavy atom. The van der Waals surface area contributed by atoms with E-state index in [1.807, 2.05) is 6.07 Å². The summed E-state index contributed by atoms with van der Waals surface area (Å²) in [6.45, 7) is 0.966. The zero-order valence-electron chi connectivity index (χ0n) is 12.6. The Hall–Kier alpha value is -3.14. The summed E-state index contributed by atoms with van der Waals surface area (Å²) >= 11 is 0. The summed E-state index contributed by atoms with van der Waals surface area (Å²) in [4.78, 5) is 36.4. The Balaban J connectivity index is 2.48. The highest BCUT2D eigenvalue weighted by Gasteiger charge is 2.42. The summed E-state index contributed by atoms with van der Waals surface area (Å²) in [6, 6.07) is 7.07. The van der Waals surface area contributed by atoms with Crippen molar-refractivity contribution in [3.8, 4) is 6.07 Å². The van der Waals surface area contributed by atoms with Gasteiger partial charge in [-0.15, -0.1) is 0 Å². The summed E-state index contributed by atoms with van der Waals surface area (Å²) in [5.74, 6) is -2.38. The minimum atomic E-state index is -0.855. The van der Waals surface area contributed by atoms with Gasteiger partial charge < -0.3 is 14.7 Å². The first-order chi connectivity index (χ1) is 10.9. The molecule has 118 valence electrons. The number of Topliss-reactive ketones (excluding diaryl/α,β-unsaturated/α-hetero) is 1. The lowest BCUT2D eigenvalue weighted by Crippen LogP contribution is -2.31. The van der Waals surface area contributed by atoms with Gasteiger partial charge >= 0.3 is 5.97 Å². The summed E-state index contributed by atoms with van der Waals surface area (Å²) < 4.78 is 4.60. The van der Waals surface area contributed by atoms with Gasteiger partial charge in [-0.3, -0.25) is 9.59 Å². The van der Waals surface area contributed by atoms with Crippen LogP contribution < -0.4 is 0 Å². The summed E-state index contributed by atoms with van der Waals surface area (Å²) in [6.07, 6.45) is 0. The molecule has 0 aromatic heterocycles. The normalized spacial score (nSPS) is 17.2. The van der Waals surface area contributed by atoms with E-state index in [0.29, 0.717) is 11.1 Å². The summed E-state index contributed by atoms with van der Waals surface area (Å²) in [7, 11) is 1.26. The summed E-state index contributed by atoms with van der Waals surface area (Å²) in [5.41, 5.74) is 0.761. The topological polar surface area (TPSA) is 108 Å². The van der Waals surface area contributed by atoms with Crippen LogP contribution >= 0.6 is 0 Å². The average Bonchev–Trinajstić information content (AvgIpc) is 2.79. The number of benzene rings is 1. The quantitative estimate of drug-likeness (QED) is 0.662. The van der Waals surface area contributed by atoms with Crippen molar-refractivity contribution >= 4 is 17.7 Å². The average molecular weight is 314 g/mol. The minimum Gasteiger partial charge on any atom is -0.503 e. The molecule has 7 heteroatoms. The first kappa shape index (κ1) is 16.2. The van der Waals surface area contributed by atoms with Gasteiger partial charge in [0.15, 0.2) is 11.5 Å². The Kier molecular flexibility index (Phi) is 4.46. The largest absolute Gasteiger partial charge is 0.503 e. The van der Waals surface area contributed by atoms with Crippen LogP contribution in [0, 0.1) is 11.3 Å². The molecule has 0 spiro atoms. The van der Waals surface area contributed by atoms with E-state index in [-0.39, 0.29) is 12.1 Å². The highest BCUT2D eigenvalue weighted by molar-refractivity contribution is 6.08. The number of ketones is 1. The van der Waals surface area contributed by atoms with Crippen molar-refractivity contribution in [3.05, 3.63) is 46.7 Å². The second kappa shape index (κ2) is 6.32. The standard InChI is InChI=1S/C16H14N2O5/c1-9(19)12-13(18(8-7-17)15(21)14(12)20)10-3-5-11(6-4-10)16(22)23-2/h3-6,13,20H,8H2,1-2H3/t13-/m1/s1. The lowest BCUT2D eigenvalue weighted by molar-refractivity contribution is -0.128. The molecular formula is C16H14N2O5. The fourth-order valence-electron chi connectivity index (χ4n) is 2.52. The molecule has 1 aromatic carbocycles. The Bertz CT molecular complexity index is 743. The predicted molar refractivity (Wildman–Crippen MR) is 78.2 cm³/mol. The van der Waals surface area contributed by atoms with Gasteiger partial charge in [0.25, 0.3) is 5.91 Å². The van der Waals surface area contributed by atoms with Gasteiger partial charge in [-0.1, -0.05) is 12.1 Å². The molecule has 23 heavy (non-hydrogen) atoms. The number of aliphatic hydroxyl groups excluding tert-OH is 1. The highest BCUT2D eigenvalue weighted by atomic mass is 16.5. The Labute approximate surface area is 132 Å². The van der Waals surface area contributed by atoms with E-state index in [4.69, 9.17) is 5.26 Å². The molecular weight excluding hydrogens is 300 g/mol. The zero-order chi connectivity index (χ0) is 17.1. The van der Waals surface area contributed by atoms with Crippen molar-refractivity contribution in [1.82, 2.24) is 4.90 Å². The van der Waals surface area contributed by atoms with Gasteiger partial charge in [-0.2, -0.15) is 5.26 Å². The Morgan fingerprint density at radius 1 is 1.35 bits per heavy atom. The van der Waals surface area contributed by atoms with E-state index in [9.17, 15) is 19.5 Å². The van der Waals surface area contributed by atoms with E-state index < -0.39 is 29.5 Å². The molecule has 1 atom stereocenters. The number of nitrogens with zero attached hydrogens (tertiary/aromatic N) is 2. The van der Waals surface area contributed by atoms with Crippen LogP contribution in [-0.4, -0.2) is 41.3 Å². The number of ether oxygens (including phenoxy) is 1. The number of esters is 1. The third kappa shape index (κ3) is 2.79. The van der Waals surface area contributed by atoms with Crippen LogP contribution in [-0.2, 0) is 14.3 Å².